The summed E-state index contributed by atoms with van der Waals surface area (Å²) in [6.07, 6.45) is 7.81. The molecule has 2 nitrogen and oxygen atoms in total. The molecular weight excluding hydrogens is 172 g/mol. The summed E-state index contributed by atoms with van der Waals surface area (Å²) in [7, 11) is 2.23. The summed E-state index contributed by atoms with van der Waals surface area (Å²) in [5, 5.41) is 0. The molecule has 0 aliphatic heterocycles. The first-order chi connectivity index (χ1) is 6.72. The maximum absolute atomic E-state index is 5.44. The highest BCUT2D eigenvalue weighted by molar-refractivity contribution is 4.60. The Bertz CT molecular complexity index is 115. The lowest BCUT2D eigenvalue weighted by Crippen LogP contribution is -2.29. The highest BCUT2D eigenvalue weighted by Crippen LogP contribution is 2.06. The van der Waals surface area contributed by atoms with Crippen LogP contribution in [0.3, 0.4) is 0 Å². The lowest BCUT2D eigenvalue weighted by atomic mass is 10.1. The number of nitrogens with zero attached hydrogens (tertiary/aromatic N) is 1. The molecule has 0 aromatic rings. The van der Waals surface area contributed by atoms with Gasteiger partial charge in [-0.3, -0.25) is 0 Å². The Morgan fingerprint density at radius 3 is 2.21 bits per heavy atom. The molecule has 1 unspecified atom stereocenters. The first-order valence-electron chi connectivity index (χ1n) is 6.12. The second kappa shape index (κ2) is 9.47. The van der Waals surface area contributed by atoms with E-state index in [1.54, 1.807) is 0 Å². The van der Waals surface area contributed by atoms with E-state index < -0.39 is 0 Å². The summed E-state index contributed by atoms with van der Waals surface area (Å²) in [6, 6.07) is 0.735. The molecule has 0 radical (unpaired) electrons. The number of hydrogen-bond donors (Lipinski definition) is 1. The maximum atomic E-state index is 5.44. The van der Waals surface area contributed by atoms with Gasteiger partial charge in [-0.15, -0.1) is 0 Å². The van der Waals surface area contributed by atoms with Gasteiger partial charge in [-0.25, -0.2) is 0 Å². The van der Waals surface area contributed by atoms with E-state index in [-0.39, 0.29) is 0 Å². The Balaban J connectivity index is 3.18. The summed E-state index contributed by atoms with van der Waals surface area (Å²) in [5.74, 6) is 0. The molecule has 1 atom stereocenters. The van der Waals surface area contributed by atoms with Gasteiger partial charge in [-0.2, -0.15) is 0 Å². The van der Waals surface area contributed by atoms with E-state index >= 15 is 0 Å². The van der Waals surface area contributed by atoms with Crippen molar-refractivity contribution >= 4 is 0 Å². The van der Waals surface area contributed by atoms with Crippen molar-refractivity contribution in [2.45, 2.75) is 58.4 Å². The highest BCUT2D eigenvalue weighted by Gasteiger charge is 2.04. The molecule has 0 aliphatic carbocycles. The van der Waals surface area contributed by atoms with Crippen molar-refractivity contribution in [3.8, 4) is 0 Å². The van der Waals surface area contributed by atoms with Gasteiger partial charge < -0.3 is 10.6 Å². The lowest BCUT2D eigenvalue weighted by Gasteiger charge is -2.23. The van der Waals surface area contributed by atoms with Crippen LogP contribution in [0.5, 0.6) is 0 Å². The van der Waals surface area contributed by atoms with Crippen LogP contribution in [0.2, 0.25) is 0 Å². The van der Waals surface area contributed by atoms with Crippen LogP contribution in [-0.4, -0.2) is 31.1 Å². The zero-order valence-electron chi connectivity index (χ0n) is 10.3. The van der Waals surface area contributed by atoms with Crippen LogP contribution >= 0.6 is 0 Å². The van der Waals surface area contributed by atoms with E-state index in [0.29, 0.717) is 0 Å². The number of rotatable bonds is 9. The normalized spacial score (nSPS) is 13.5. The molecule has 0 aromatic heterocycles. The monoisotopic (exact) mass is 200 g/mol. The molecule has 0 saturated carbocycles. The topological polar surface area (TPSA) is 29.3 Å². The molecule has 2 heteroatoms. The van der Waals surface area contributed by atoms with Crippen molar-refractivity contribution < 1.29 is 0 Å². The van der Waals surface area contributed by atoms with Crippen molar-refractivity contribution in [2.24, 2.45) is 5.73 Å². The minimum Gasteiger partial charge on any atom is -0.330 e. The van der Waals surface area contributed by atoms with E-state index in [0.717, 1.165) is 12.6 Å². The van der Waals surface area contributed by atoms with E-state index in [4.69, 9.17) is 5.73 Å². The second-order valence-corrected chi connectivity index (χ2v) is 4.29. The van der Waals surface area contributed by atoms with Gasteiger partial charge in [0.1, 0.15) is 0 Å². The fraction of sp³-hybridized carbons (Fsp3) is 1.00. The second-order valence-electron chi connectivity index (χ2n) is 4.29. The van der Waals surface area contributed by atoms with Crippen LogP contribution in [0.25, 0.3) is 0 Å². The third-order valence-electron chi connectivity index (χ3n) is 3.06. The van der Waals surface area contributed by atoms with Gasteiger partial charge in [-0.05, 0) is 46.3 Å². The van der Waals surface area contributed by atoms with Gasteiger partial charge in [0.15, 0.2) is 0 Å². The molecule has 0 fully saturated rings. The summed E-state index contributed by atoms with van der Waals surface area (Å²) >= 11 is 0. The highest BCUT2D eigenvalue weighted by atomic mass is 15.1. The molecule has 14 heavy (non-hydrogen) atoms. The number of nitrogens with two attached hydrogens (primary N) is 1. The summed E-state index contributed by atoms with van der Waals surface area (Å²) < 4.78 is 0. The SMILES string of the molecule is CCC(C)N(C)CCCCCCCN. The summed E-state index contributed by atoms with van der Waals surface area (Å²) in [4.78, 5) is 2.46. The molecule has 0 saturated heterocycles. The quantitative estimate of drug-likeness (QED) is 0.580. The third kappa shape index (κ3) is 7.34. The molecule has 0 bridgehead atoms. The Morgan fingerprint density at radius 1 is 1.07 bits per heavy atom. The van der Waals surface area contributed by atoms with Crippen molar-refractivity contribution in [3.05, 3.63) is 0 Å². The Hall–Kier alpha value is -0.0800. The van der Waals surface area contributed by atoms with E-state index in [1.165, 1.54) is 45.1 Å². The standard InChI is InChI=1S/C12H28N2/c1-4-12(2)14(3)11-9-7-5-6-8-10-13/h12H,4-11,13H2,1-3H3. The maximum Gasteiger partial charge on any atom is 0.00612 e. The molecule has 86 valence electrons. The van der Waals surface area contributed by atoms with Gasteiger partial charge >= 0.3 is 0 Å². The van der Waals surface area contributed by atoms with Crippen LogP contribution in [0.15, 0.2) is 0 Å². The van der Waals surface area contributed by atoms with E-state index in [9.17, 15) is 0 Å². The molecule has 0 amide bonds. The van der Waals surface area contributed by atoms with Gasteiger partial charge in [0.2, 0.25) is 0 Å². The van der Waals surface area contributed by atoms with Gasteiger partial charge in [0, 0.05) is 6.04 Å². The van der Waals surface area contributed by atoms with Crippen molar-refractivity contribution in [1.82, 2.24) is 4.90 Å². The molecule has 0 aliphatic rings. The zero-order chi connectivity index (χ0) is 10.8. The largest absolute Gasteiger partial charge is 0.330 e. The summed E-state index contributed by atoms with van der Waals surface area (Å²) in [5.41, 5.74) is 5.44. The minimum absolute atomic E-state index is 0.735. The van der Waals surface area contributed by atoms with E-state index in [2.05, 4.69) is 25.8 Å². The molecule has 0 spiro atoms. The predicted molar refractivity (Wildman–Crippen MR) is 64.5 cm³/mol. The first kappa shape index (κ1) is 13.9. The number of hydrogen-bond acceptors (Lipinski definition) is 2. The van der Waals surface area contributed by atoms with Gasteiger partial charge in [-0.1, -0.05) is 26.2 Å². The van der Waals surface area contributed by atoms with Crippen molar-refractivity contribution in [2.75, 3.05) is 20.1 Å². The Labute approximate surface area is 89.9 Å². The smallest absolute Gasteiger partial charge is 0.00612 e. The van der Waals surface area contributed by atoms with Crippen LogP contribution in [0.1, 0.15) is 52.4 Å². The minimum atomic E-state index is 0.735. The lowest BCUT2D eigenvalue weighted by molar-refractivity contribution is 0.246. The van der Waals surface area contributed by atoms with Crippen LogP contribution in [0, 0.1) is 0 Å². The van der Waals surface area contributed by atoms with Crippen LogP contribution in [-0.2, 0) is 0 Å². The zero-order valence-corrected chi connectivity index (χ0v) is 10.3. The Kier molecular flexibility index (Phi) is 9.42. The van der Waals surface area contributed by atoms with Crippen LogP contribution < -0.4 is 5.73 Å². The summed E-state index contributed by atoms with van der Waals surface area (Å²) in [6.45, 7) is 6.65. The number of unbranched alkanes of at least 4 members (excludes halogenated alkanes) is 4. The fourth-order valence-electron chi connectivity index (χ4n) is 1.57. The van der Waals surface area contributed by atoms with Gasteiger partial charge in [0.25, 0.3) is 0 Å². The molecular formula is C12H28N2. The Morgan fingerprint density at radius 2 is 1.64 bits per heavy atom. The van der Waals surface area contributed by atoms with Crippen molar-refractivity contribution in [1.29, 1.82) is 0 Å². The predicted octanol–water partition coefficient (Wildman–Crippen LogP) is 2.63. The average molecular weight is 200 g/mol. The molecule has 0 rings (SSSR count). The fourth-order valence-corrected chi connectivity index (χ4v) is 1.57. The van der Waals surface area contributed by atoms with Gasteiger partial charge in [0.05, 0.1) is 0 Å². The van der Waals surface area contributed by atoms with E-state index in [1.807, 2.05) is 0 Å². The first-order valence-corrected chi connectivity index (χ1v) is 6.12. The average Bonchev–Trinajstić information content (AvgIpc) is 2.21. The molecule has 0 aromatic carbocycles. The van der Waals surface area contributed by atoms with Crippen LogP contribution in [0.4, 0.5) is 0 Å². The molecule has 0 heterocycles. The third-order valence-corrected chi connectivity index (χ3v) is 3.06. The molecule has 2 N–H and O–H groups in total. The van der Waals surface area contributed by atoms with Crippen molar-refractivity contribution in [3.63, 3.8) is 0 Å².